The maximum atomic E-state index is 13.3. The first-order valence-electron chi connectivity index (χ1n) is 13.0. The van der Waals surface area contributed by atoms with Crippen molar-refractivity contribution in [3.63, 3.8) is 0 Å². The average molecular weight is 552 g/mol. The van der Waals surface area contributed by atoms with Crippen LogP contribution in [0.5, 0.6) is 5.75 Å². The summed E-state index contributed by atoms with van der Waals surface area (Å²) in [5, 5.41) is 35.7. The van der Waals surface area contributed by atoms with Crippen LogP contribution in [0.2, 0.25) is 0 Å². The Kier molecular flexibility index (Phi) is 14.5. The number of phenols is 1. The highest BCUT2D eigenvalue weighted by atomic mass is 16.4. The zero-order valence-electron chi connectivity index (χ0n) is 22.4. The van der Waals surface area contributed by atoms with E-state index in [4.69, 9.17) is 16.6 Å². The van der Waals surface area contributed by atoms with Gasteiger partial charge in [0.2, 0.25) is 17.7 Å². The Hall–Kier alpha value is -3.71. The lowest BCUT2D eigenvalue weighted by Gasteiger charge is -2.26. The molecule has 0 aliphatic rings. The van der Waals surface area contributed by atoms with Crippen molar-refractivity contribution < 1.29 is 39.3 Å². The van der Waals surface area contributed by atoms with Gasteiger partial charge >= 0.3 is 11.9 Å². The molecule has 13 heteroatoms. The number of phenolic OH excluding ortho intramolecular Hbond substituents is 1. The van der Waals surface area contributed by atoms with E-state index in [0.29, 0.717) is 37.8 Å². The predicted molar refractivity (Wildman–Crippen MR) is 142 cm³/mol. The third-order valence-corrected chi connectivity index (χ3v) is 6.37. The van der Waals surface area contributed by atoms with Crippen LogP contribution in [0.3, 0.4) is 0 Å². The van der Waals surface area contributed by atoms with E-state index in [1.54, 1.807) is 26.0 Å². The van der Waals surface area contributed by atoms with E-state index in [1.165, 1.54) is 12.1 Å². The molecule has 0 aliphatic carbocycles. The quantitative estimate of drug-likeness (QED) is 0.112. The van der Waals surface area contributed by atoms with Crippen LogP contribution in [-0.4, -0.2) is 75.7 Å². The van der Waals surface area contributed by atoms with Crippen molar-refractivity contribution in [3.05, 3.63) is 29.8 Å². The van der Waals surface area contributed by atoms with Gasteiger partial charge in [-0.2, -0.15) is 0 Å². The highest BCUT2D eigenvalue weighted by Crippen LogP contribution is 2.13. The van der Waals surface area contributed by atoms with Crippen LogP contribution in [0.4, 0.5) is 0 Å². The number of carboxylic acids is 2. The van der Waals surface area contributed by atoms with Crippen LogP contribution in [0.1, 0.15) is 57.9 Å². The Morgan fingerprint density at radius 1 is 0.872 bits per heavy atom. The largest absolute Gasteiger partial charge is 0.508 e. The zero-order valence-corrected chi connectivity index (χ0v) is 22.4. The van der Waals surface area contributed by atoms with Gasteiger partial charge in [-0.25, -0.2) is 4.79 Å². The molecular formula is C26H41N5O8. The van der Waals surface area contributed by atoms with Crippen LogP contribution in [0, 0.1) is 5.92 Å². The Labute approximate surface area is 227 Å². The smallest absolute Gasteiger partial charge is 0.326 e. The average Bonchev–Trinajstić information content (AvgIpc) is 2.89. The van der Waals surface area contributed by atoms with E-state index in [2.05, 4.69) is 16.0 Å². The molecule has 0 heterocycles. The minimum Gasteiger partial charge on any atom is -0.508 e. The van der Waals surface area contributed by atoms with Gasteiger partial charge in [-0.1, -0.05) is 38.8 Å². The molecule has 5 atom stereocenters. The standard InChI is InChI=1S/C26H41N5O8/c1-3-15(2)22(26(38)39)31-24(36)19(11-12-21(33)34)29-25(37)20(14-16-7-9-17(32)10-8-16)30-23(35)18(28)6-4-5-13-27/h7-10,15,18-20,22,32H,3-6,11-14,27-28H2,1-2H3,(H,29,37)(H,30,35)(H,31,36)(H,33,34)(H,38,39). The van der Waals surface area contributed by atoms with E-state index in [0.717, 1.165) is 0 Å². The van der Waals surface area contributed by atoms with E-state index in [1.807, 2.05) is 0 Å². The molecule has 13 nitrogen and oxygen atoms in total. The number of hydrogen-bond donors (Lipinski definition) is 8. The predicted octanol–water partition coefficient (Wildman–Crippen LogP) is -0.159. The van der Waals surface area contributed by atoms with E-state index >= 15 is 0 Å². The summed E-state index contributed by atoms with van der Waals surface area (Å²) < 4.78 is 0. The van der Waals surface area contributed by atoms with Gasteiger partial charge in [-0.3, -0.25) is 19.2 Å². The lowest BCUT2D eigenvalue weighted by Crippen LogP contribution is -2.58. The Balaban J connectivity index is 3.15. The van der Waals surface area contributed by atoms with E-state index < -0.39 is 66.2 Å². The van der Waals surface area contributed by atoms with E-state index in [-0.39, 0.29) is 18.6 Å². The van der Waals surface area contributed by atoms with Crippen molar-refractivity contribution >= 4 is 29.7 Å². The molecule has 0 spiro atoms. The number of aromatic hydroxyl groups is 1. The van der Waals surface area contributed by atoms with Crippen molar-refractivity contribution in [1.29, 1.82) is 0 Å². The molecule has 0 aliphatic heterocycles. The summed E-state index contributed by atoms with van der Waals surface area (Å²) in [4.78, 5) is 61.9. The second-order valence-corrected chi connectivity index (χ2v) is 9.53. The lowest BCUT2D eigenvalue weighted by molar-refractivity contribution is -0.144. The Bertz CT molecular complexity index is 972. The van der Waals surface area contributed by atoms with Gasteiger partial charge in [-0.05, 0) is 49.4 Å². The first-order valence-corrected chi connectivity index (χ1v) is 13.0. The second kappa shape index (κ2) is 17.0. The molecule has 0 radical (unpaired) electrons. The first-order chi connectivity index (χ1) is 18.4. The Morgan fingerprint density at radius 2 is 1.46 bits per heavy atom. The van der Waals surface area contributed by atoms with Crippen LogP contribution >= 0.6 is 0 Å². The summed E-state index contributed by atoms with van der Waals surface area (Å²) in [6.45, 7) is 3.84. The zero-order chi connectivity index (χ0) is 29.5. The number of hydrogen-bond acceptors (Lipinski definition) is 8. The van der Waals surface area contributed by atoms with Crippen LogP contribution in [-0.2, 0) is 30.4 Å². The van der Waals surface area contributed by atoms with Gasteiger partial charge in [0, 0.05) is 12.8 Å². The highest BCUT2D eigenvalue weighted by Gasteiger charge is 2.32. The number of amides is 3. The van der Waals surface area contributed by atoms with Crippen molar-refractivity contribution in [2.45, 2.75) is 83.0 Å². The lowest BCUT2D eigenvalue weighted by atomic mass is 9.98. The Morgan fingerprint density at radius 3 is 2.00 bits per heavy atom. The fourth-order valence-electron chi connectivity index (χ4n) is 3.74. The molecule has 0 bridgehead atoms. The summed E-state index contributed by atoms with van der Waals surface area (Å²) in [6.07, 6.45) is 1.27. The van der Waals surface area contributed by atoms with Crippen LogP contribution in [0.25, 0.3) is 0 Å². The topological polar surface area (TPSA) is 234 Å². The van der Waals surface area contributed by atoms with Gasteiger partial charge < -0.3 is 42.7 Å². The van der Waals surface area contributed by atoms with Crippen molar-refractivity contribution in [3.8, 4) is 5.75 Å². The van der Waals surface area contributed by atoms with Crippen LogP contribution < -0.4 is 27.4 Å². The fourth-order valence-corrected chi connectivity index (χ4v) is 3.74. The number of carboxylic acid groups (broad SMARTS) is 2. The SMILES string of the molecule is CCC(C)C(NC(=O)C(CCC(=O)O)NC(=O)C(Cc1ccc(O)cc1)NC(=O)C(N)CCCCN)C(=O)O. The van der Waals surface area contributed by atoms with Crippen molar-refractivity contribution in [2.24, 2.45) is 17.4 Å². The van der Waals surface area contributed by atoms with Gasteiger partial charge in [0.1, 0.15) is 23.9 Å². The third-order valence-electron chi connectivity index (χ3n) is 6.37. The van der Waals surface area contributed by atoms with Crippen molar-refractivity contribution in [1.82, 2.24) is 16.0 Å². The number of benzene rings is 1. The molecule has 5 unspecified atom stereocenters. The number of carbonyl (C=O) groups is 5. The number of nitrogens with one attached hydrogen (secondary N) is 3. The van der Waals surface area contributed by atoms with Gasteiger partial charge in [0.25, 0.3) is 0 Å². The van der Waals surface area contributed by atoms with Gasteiger partial charge in [0.05, 0.1) is 6.04 Å². The molecule has 10 N–H and O–H groups in total. The summed E-state index contributed by atoms with van der Waals surface area (Å²) in [6, 6.07) is 1.20. The number of rotatable bonds is 18. The number of unbranched alkanes of at least 4 members (excludes halogenated alkanes) is 1. The normalized spacial score (nSPS) is 14.8. The molecule has 0 fully saturated rings. The molecule has 1 rings (SSSR count). The first kappa shape index (κ1) is 33.3. The highest BCUT2D eigenvalue weighted by molar-refractivity contribution is 5.94. The summed E-state index contributed by atoms with van der Waals surface area (Å²) in [7, 11) is 0. The molecule has 0 saturated heterocycles. The second-order valence-electron chi connectivity index (χ2n) is 9.53. The van der Waals surface area contributed by atoms with Crippen LogP contribution in [0.15, 0.2) is 24.3 Å². The van der Waals surface area contributed by atoms with Gasteiger partial charge in [-0.15, -0.1) is 0 Å². The molecule has 0 saturated carbocycles. The summed E-state index contributed by atoms with van der Waals surface area (Å²) >= 11 is 0. The maximum absolute atomic E-state index is 13.3. The maximum Gasteiger partial charge on any atom is 0.326 e. The number of nitrogens with two attached hydrogens (primary N) is 2. The molecule has 1 aromatic carbocycles. The monoisotopic (exact) mass is 551 g/mol. The minimum atomic E-state index is -1.38. The number of aliphatic carboxylic acids is 2. The summed E-state index contributed by atoms with van der Waals surface area (Å²) in [5.41, 5.74) is 12.0. The van der Waals surface area contributed by atoms with Gasteiger partial charge in [0.15, 0.2) is 0 Å². The number of carbonyl (C=O) groups excluding carboxylic acids is 3. The summed E-state index contributed by atoms with van der Waals surface area (Å²) in [5.74, 6) is -5.13. The molecule has 218 valence electrons. The molecule has 0 aromatic heterocycles. The third kappa shape index (κ3) is 12.1. The minimum absolute atomic E-state index is 0.00501. The molecule has 1 aromatic rings. The fraction of sp³-hybridized carbons (Fsp3) is 0.577. The van der Waals surface area contributed by atoms with E-state index in [9.17, 15) is 34.2 Å². The van der Waals surface area contributed by atoms with Crippen molar-refractivity contribution in [2.75, 3.05) is 6.54 Å². The molecule has 3 amide bonds. The molecular weight excluding hydrogens is 510 g/mol. The molecule has 39 heavy (non-hydrogen) atoms.